The van der Waals surface area contributed by atoms with Crippen LogP contribution in [0, 0.1) is 0 Å². The average Bonchev–Trinajstić information content (AvgIpc) is 2.95. The molecule has 2 heterocycles. The van der Waals surface area contributed by atoms with Crippen LogP contribution < -0.4 is 26.8 Å². The van der Waals surface area contributed by atoms with Gasteiger partial charge in [-0.2, -0.15) is 0 Å². The number of hydrogen-bond acceptors (Lipinski definition) is 7. The Morgan fingerprint density at radius 2 is 1.66 bits per heavy atom. The minimum atomic E-state index is -0.506. The van der Waals surface area contributed by atoms with Crippen LogP contribution in [0.4, 0.5) is 4.79 Å². The average molecular weight is 513 g/mol. The van der Waals surface area contributed by atoms with Crippen molar-refractivity contribution in [1.82, 2.24) is 20.6 Å². The highest BCUT2D eigenvalue weighted by Crippen LogP contribution is 2.18. The maximum atomic E-state index is 12.4. The molecule has 0 aliphatic heterocycles. The van der Waals surface area contributed by atoms with Gasteiger partial charge in [-0.1, -0.05) is 42.0 Å². The number of nitrogens with two attached hydrogens (primary N) is 2. The quantitative estimate of drug-likeness (QED) is 0.164. The zero-order valence-electron chi connectivity index (χ0n) is 21.0. The van der Waals surface area contributed by atoms with E-state index in [0.29, 0.717) is 35.9 Å². The van der Waals surface area contributed by atoms with Crippen molar-refractivity contribution < 1.29 is 9.53 Å². The van der Waals surface area contributed by atoms with Gasteiger partial charge in [0.05, 0.1) is 0 Å². The Labute approximate surface area is 221 Å². The third-order valence-electron chi connectivity index (χ3n) is 6.06. The molecule has 10 heteroatoms. The number of allylic oxidation sites excluding steroid dienone is 1. The number of aromatic nitrogens is 2. The van der Waals surface area contributed by atoms with Gasteiger partial charge in [-0.3, -0.25) is 9.97 Å². The number of hydrogen-bond donors (Lipinski definition) is 4. The van der Waals surface area contributed by atoms with Crippen molar-refractivity contribution in [2.45, 2.75) is 37.8 Å². The topological polar surface area (TPSA) is 153 Å². The van der Waals surface area contributed by atoms with Gasteiger partial charge >= 0.3 is 6.09 Å². The van der Waals surface area contributed by atoms with E-state index >= 15 is 0 Å². The number of benzene rings is 1. The van der Waals surface area contributed by atoms with Gasteiger partial charge in [0.2, 0.25) is 0 Å². The molecular weight excluding hydrogens is 480 g/mol. The van der Waals surface area contributed by atoms with Crippen molar-refractivity contribution in [2.75, 3.05) is 6.54 Å². The fraction of sp³-hybridized carbons (Fsp3) is 0.250. The predicted molar refractivity (Wildman–Crippen MR) is 148 cm³/mol. The molecule has 6 N–H and O–H groups in total. The van der Waals surface area contributed by atoms with Gasteiger partial charge in [-0.15, -0.1) is 10.2 Å². The Morgan fingerprint density at radius 3 is 2.37 bits per heavy atom. The van der Waals surface area contributed by atoms with Crippen molar-refractivity contribution in [1.29, 1.82) is 0 Å². The SMILES string of the molecule is N/C(=N\N=C(/NC/C1=C\CCC(N)C(NC(=O)Oc2ccccc2)CC1)c1ccccn1)c1ccccn1. The van der Waals surface area contributed by atoms with Crippen LogP contribution in [0.1, 0.15) is 37.1 Å². The normalized spacial score (nSPS) is 19.9. The van der Waals surface area contributed by atoms with Crippen LogP contribution in [0.5, 0.6) is 5.75 Å². The zero-order valence-corrected chi connectivity index (χ0v) is 21.0. The summed E-state index contributed by atoms with van der Waals surface area (Å²) in [6.07, 6.45) is 7.98. The first-order chi connectivity index (χ1) is 18.6. The van der Waals surface area contributed by atoms with E-state index in [2.05, 4.69) is 36.9 Å². The number of para-hydroxylation sites is 1. The van der Waals surface area contributed by atoms with Crippen molar-refractivity contribution in [3.05, 3.63) is 102 Å². The predicted octanol–water partition coefficient (Wildman–Crippen LogP) is 3.12. The Bertz CT molecular complexity index is 1260. The highest BCUT2D eigenvalue weighted by molar-refractivity contribution is 5.99. The molecule has 196 valence electrons. The van der Waals surface area contributed by atoms with Crippen molar-refractivity contribution in [3.63, 3.8) is 0 Å². The number of carbonyl (C=O) groups excluding carboxylic acids is 1. The lowest BCUT2D eigenvalue weighted by Gasteiger charge is -2.27. The maximum absolute atomic E-state index is 12.4. The number of carbonyl (C=O) groups is 1. The monoisotopic (exact) mass is 512 g/mol. The molecule has 1 aliphatic rings. The molecular formula is C28H32N8O2. The minimum Gasteiger partial charge on any atom is -0.410 e. The minimum absolute atomic E-state index is 0.168. The first-order valence-electron chi connectivity index (χ1n) is 12.5. The lowest BCUT2D eigenvalue weighted by molar-refractivity contribution is 0.192. The molecule has 38 heavy (non-hydrogen) atoms. The summed E-state index contributed by atoms with van der Waals surface area (Å²) in [7, 11) is 0. The summed E-state index contributed by atoms with van der Waals surface area (Å²) in [4.78, 5) is 21.0. The van der Waals surface area contributed by atoms with Gasteiger partial charge in [0, 0.05) is 31.0 Å². The summed E-state index contributed by atoms with van der Waals surface area (Å²) in [5, 5.41) is 14.8. The fourth-order valence-electron chi connectivity index (χ4n) is 4.00. The van der Waals surface area contributed by atoms with Crippen LogP contribution in [-0.2, 0) is 0 Å². The van der Waals surface area contributed by atoms with E-state index in [1.165, 1.54) is 5.57 Å². The summed E-state index contributed by atoms with van der Waals surface area (Å²) in [5.74, 6) is 1.18. The molecule has 0 spiro atoms. The Hall–Kier alpha value is -4.57. The summed E-state index contributed by atoms with van der Waals surface area (Å²) >= 11 is 0. The third-order valence-corrected chi connectivity index (χ3v) is 6.06. The molecule has 2 atom stereocenters. The number of amidine groups is 2. The van der Waals surface area contributed by atoms with E-state index in [1.807, 2.05) is 48.5 Å². The van der Waals surface area contributed by atoms with Crippen molar-refractivity contribution in [3.8, 4) is 5.75 Å². The number of rotatable bonds is 7. The first kappa shape index (κ1) is 26.5. The van der Waals surface area contributed by atoms with E-state index in [9.17, 15) is 4.79 Å². The van der Waals surface area contributed by atoms with E-state index in [0.717, 1.165) is 19.3 Å². The Kier molecular flexibility index (Phi) is 9.52. The van der Waals surface area contributed by atoms with Crippen LogP contribution in [0.15, 0.2) is 101 Å². The van der Waals surface area contributed by atoms with Gasteiger partial charge in [0.1, 0.15) is 17.1 Å². The molecule has 3 aromatic rings. The van der Waals surface area contributed by atoms with E-state index in [4.69, 9.17) is 16.2 Å². The van der Waals surface area contributed by atoms with Gasteiger partial charge in [0.25, 0.3) is 0 Å². The Balaban J connectivity index is 1.40. The fourth-order valence-corrected chi connectivity index (χ4v) is 4.00. The molecule has 0 saturated heterocycles. The second-order valence-corrected chi connectivity index (χ2v) is 8.81. The number of nitrogens with zero attached hydrogens (tertiary/aromatic N) is 4. The van der Waals surface area contributed by atoms with Crippen LogP contribution in [-0.4, -0.2) is 46.4 Å². The summed E-state index contributed by atoms with van der Waals surface area (Å²) in [6.45, 7) is 0.533. The maximum Gasteiger partial charge on any atom is 0.412 e. The molecule has 1 amide bonds. The molecule has 4 rings (SSSR count). The molecule has 0 radical (unpaired) electrons. The van der Waals surface area contributed by atoms with Crippen LogP contribution in [0.2, 0.25) is 0 Å². The molecule has 10 nitrogen and oxygen atoms in total. The number of nitrogens with one attached hydrogen (secondary N) is 2. The molecule has 0 fully saturated rings. The number of amides is 1. The smallest absolute Gasteiger partial charge is 0.410 e. The van der Waals surface area contributed by atoms with E-state index in [-0.39, 0.29) is 17.9 Å². The molecule has 1 aliphatic carbocycles. The largest absolute Gasteiger partial charge is 0.412 e. The molecule has 2 aromatic heterocycles. The zero-order chi connectivity index (χ0) is 26.6. The molecule has 0 bridgehead atoms. The highest BCUT2D eigenvalue weighted by atomic mass is 16.6. The summed E-state index contributed by atoms with van der Waals surface area (Å²) in [6, 6.07) is 19.6. The van der Waals surface area contributed by atoms with Crippen LogP contribution in [0.3, 0.4) is 0 Å². The second-order valence-electron chi connectivity index (χ2n) is 8.81. The van der Waals surface area contributed by atoms with Gasteiger partial charge < -0.3 is 26.8 Å². The lowest BCUT2D eigenvalue weighted by Crippen LogP contribution is -2.49. The van der Waals surface area contributed by atoms with Gasteiger partial charge in [-0.25, -0.2) is 4.79 Å². The van der Waals surface area contributed by atoms with E-state index in [1.54, 1.807) is 30.6 Å². The Morgan fingerprint density at radius 1 is 0.947 bits per heavy atom. The molecule has 0 saturated carbocycles. The first-order valence-corrected chi connectivity index (χ1v) is 12.5. The third kappa shape index (κ3) is 7.97. The van der Waals surface area contributed by atoms with Crippen molar-refractivity contribution >= 4 is 17.8 Å². The van der Waals surface area contributed by atoms with Crippen LogP contribution >= 0.6 is 0 Å². The highest BCUT2D eigenvalue weighted by Gasteiger charge is 2.23. The van der Waals surface area contributed by atoms with Crippen molar-refractivity contribution in [2.24, 2.45) is 21.7 Å². The van der Waals surface area contributed by atoms with E-state index < -0.39 is 6.09 Å². The molecule has 1 aromatic carbocycles. The summed E-state index contributed by atoms with van der Waals surface area (Å²) < 4.78 is 5.39. The van der Waals surface area contributed by atoms with Gasteiger partial charge in [0.15, 0.2) is 11.7 Å². The molecule has 2 unspecified atom stereocenters. The standard InChI is InChI=1S/C28H32N8O2/c29-22-12-8-9-20(15-16-23(22)34-28(37)38-21-10-2-1-3-11-21)19-33-27(25-14-5-7-18-32-25)36-35-26(30)24-13-4-6-17-31-24/h1-7,9-11,13-14,17-18,22-23H,8,12,15-16,19,29H2,(H2,30,35)(H,33,36)(H,34,37)/b20-9-. The second kappa shape index (κ2) is 13.7. The summed E-state index contributed by atoms with van der Waals surface area (Å²) in [5.41, 5.74) is 14.8. The number of ether oxygens (including phenoxy) is 1. The van der Waals surface area contributed by atoms with Crippen LogP contribution in [0.25, 0.3) is 0 Å². The number of pyridine rings is 2. The van der Waals surface area contributed by atoms with Gasteiger partial charge in [-0.05, 0) is 62.1 Å². The lowest BCUT2D eigenvalue weighted by atomic mass is 9.92.